The summed E-state index contributed by atoms with van der Waals surface area (Å²) < 4.78 is 10.5. The van der Waals surface area contributed by atoms with Crippen molar-refractivity contribution in [3.63, 3.8) is 0 Å². The van der Waals surface area contributed by atoms with Gasteiger partial charge in [-0.15, -0.1) is 0 Å². The van der Waals surface area contributed by atoms with Gasteiger partial charge in [0.1, 0.15) is 6.61 Å². The van der Waals surface area contributed by atoms with Gasteiger partial charge in [-0.2, -0.15) is 0 Å². The number of nitrogens with two attached hydrogens (primary N) is 1. The van der Waals surface area contributed by atoms with Crippen LogP contribution in [0.25, 0.3) is 0 Å². The Morgan fingerprint density at radius 1 is 1.29 bits per heavy atom. The van der Waals surface area contributed by atoms with Crippen LogP contribution in [-0.4, -0.2) is 32.3 Å². The minimum absolute atomic E-state index is 0.0418. The highest BCUT2D eigenvalue weighted by atomic mass is 16.6. The molecule has 0 aromatic carbocycles. The van der Waals surface area contributed by atoms with Crippen LogP contribution in [-0.2, 0) is 14.3 Å². The van der Waals surface area contributed by atoms with Crippen LogP contribution in [0.15, 0.2) is 0 Å². The predicted molar refractivity (Wildman–Crippen MR) is 66.6 cm³/mol. The Labute approximate surface area is 104 Å². The molecule has 0 heterocycles. The van der Waals surface area contributed by atoms with E-state index in [1.54, 1.807) is 0 Å². The minimum atomic E-state index is -0.130. The van der Waals surface area contributed by atoms with Crippen LogP contribution in [0.4, 0.5) is 0 Å². The lowest BCUT2D eigenvalue weighted by Gasteiger charge is -2.40. The topological polar surface area (TPSA) is 61.5 Å². The second-order valence-corrected chi connectivity index (χ2v) is 4.92. The molecule has 0 spiro atoms. The maximum absolute atomic E-state index is 11.6. The Kier molecular flexibility index (Phi) is 6.52. The number of hydrogen-bond acceptors (Lipinski definition) is 4. The Morgan fingerprint density at radius 2 is 2.06 bits per heavy atom. The lowest BCUT2D eigenvalue weighted by molar-refractivity contribution is -0.149. The van der Waals surface area contributed by atoms with Gasteiger partial charge in [0.25, 0.3) is 0 Å². The molecule has 2 N–H and O–H groups in total. The molecule has 0 aromatic heterocycles. The Bertz CT molecular complexity index is 221. The summed E-state index contributed by atoms with van der Waals surface area (Å²) in [6.07, 6.45) is 5.96. The fourth-order valence-corrected chi connectivity index (χ4v) is 2.05. The molecule has 0 amide bonds. The summed E-state index contributed by atoms with van der Waals surface area (Å²) in [6.45, 7) is 4.33. The van der Waals surface area contributed by atoms with E-state index >= 15 is 0 Å². The highest BCUT2D eigenvalue weighted by molar-refractivity contribution is 5.70. The monoisotopic (exact) mass is 243 g/mol. The van der Waals surface area contributed by atoms with Crippen LogP contribution < -0.4 is 5.73 Å². The second-order valence-electron chi connectivity index (χ2n) is 4.92. The molecule has 0 radical (unpaired) electrons. The van der Waals surface area contributed by atoms with Gasteiger partial charge in [0.2, 0.25) is 0 Å². The molecule has 17 heavy (non-hydrogen) atoms. The van der Waals surface area contributed by atoms with E-state index in [0.717, 1.165) is 32.3 Å². The molecule has 100 valence electrons. The smallest absolute Gasteiger partial charge is 0.306 e. The Hall–Kier alpha value is -0.610. The van der Waals surface area contributed by atoms with Crippen molar-refractivity contribution in [2.75, 3.05) is 26.4 Å². The van der Waals surface area contributed by atoms with Crippen molar-refractivity contribution in [2.45, 2.75) is 45.4 Å². The standard InChI is InChI=1S/C13H25NO3/c1-2-3-7-16-8-9-17-12(15)10-13(11-14)5-4-6-13/h2-11,14H2,1H3. The van der Waals surface area contributed by atoms with E-state index in [1.165, 1.54) is 6.42 Å². The van der Waals surface area contributed by atoms with Gasteiger partial charge in [-0.3, -0.25) is 4.79 Å². The van der Waals surface area contributed by atoms with Gasteiger partial charge in [0.15, 0.2) is 0 Å². The molecule has 0 aromatic rings. The van der Waals surface area contributed by atoms with Gasteiger partial charge in [0.05, 0.1) is 13.0 Å². The number of ether oxygens (including phenoxy) is 2. The maximum Gasteiger partial charge on any atom is 0.306 e. The maximum atomic E-state index is 11.6. The van der Waals surface area contributed by atoms with Crippen molar-refractivity contribution in [3.8, 4) is 0 Å². The molecule has 0 aliphatic heterocycles. The van der Waals surface area contributed by atoms with Crippen LogP contribution in [0.2, 0.25) is 0 Å². The third kappa shape index (κ3) is 5.04. The molecule has 4 heteroatoms. The van der Waals surface area contributed by atoms with Gasteiger partial charge in [-0.25, -0.2) is 0 Å². The average molecular weight is 243 g/mol. The summed E-state index contributed by atoms with van der Waals surface area (Å²) >= 11 is 0. The molecule has 1 aliphatic carbocycles. The number of unbranched alkanes of at least 4 members (excludes halogenated alkanes) is 1. The lowest BCUT2D eigenvalue weighted by Crippen LogP contribution is -2.39. The van der Waals surface area contributed by atoms with Crippen LogP contribution in [0.1, 0.15) is 45.4 Å². The fourth-order valence-electron chi connectivity index (χ4n) is 2.05. The van der Waals surface area contributed by atoms with E-state index < -0.39 is 0 Å². The van der Waals surface area contributed by atoms with Gasteiger partial charge in [-0.1, -0.05) is 19.8 Å². The first-order valence-corrected chi connectivity index (χ1v) is 6.66. The molecule has 1 rings (SSSR count). The Morgan fingerprint density at radius 3 is 2.59 bits per heavy atom. The summed E-state index contributed by atoms with van der Waals surface area (Å²) in [5, 5.41) is 0. The minimum Gasteiger partial charge on any atom is -0.463 e. The van der Waals surface area contributed by atoms with Crippen molar-refractivity contribution in [1.82, 2.24) is 0 Å². The summed E-state index contributed by atoms with van der Waals surface area (Å²) in [6, 6.07) is 0. The third-order valence-corrected chi connectivity index (χ3v) is 3.50. The van der Waals surface area contributed by atoms with E-state index in [2.05, 4.69) is 6.92 Å². The zero-order valence-electron chi connectivity index (χ0n) is 10.9. The molecule has 0 bridgehead atoms. The molecule has 0 unspecified atom stereocenters. The van der Waals surface area contributed by atoms with Crippen molar-refractivity contribution in [1.29, 1.82) is 0 Å². The molecular weight excluding hydrogens is 218 g/mol. The normalized spacial score (nSPS) is 17.5. The van der Waals surface area contributed by atoms with Crippen molar-refractivity contribution in [2.24, 2.45) is 11.1 Å². The second kappa shape index (κ2) is 7.67. The molecule has 4 nitrogen and oxygen atoms in total. The highest BCUT2D eigenvalue weighted by Crippen LogP contribution is 2.43. The first-order valence-electron chi connectivity index (χ1n) is 6.66. The van der Waals surface area contributed by atoms with Crippen molar-refractivity contribution < 1.29 is 14.3 Å². The zero-order valence-corrected chi connectivity index (χ0v) is 10.9. The van der Waals surface area contributed by atoms with E-state index in [4.69, 9.17) is 15.2 Å². The summed E-state index contributed by atoms with van der Waals surface area (Å²) in [4.78, 5) is 11.6. The van der Waals surface area contributed by atoms with E-state index in [0.29, 0.717) is 26.2 Å². The van der Waals surface area contributed by atoms with Crippen molar-refractivity contribution >= 4 is 5.97 Å². The molecule has 1 fully saturated rings. The van der Waals surface area contributed by atoms with Crippen LogP contribution in [0, 0.1) is 5.41 Å². The van der Waals surface area contributed by atoms with Gasteiger partial charge >= 0.3 is 5.97 Å². The molecular formula is C13H25NO3. The third-order valence-electron chi connectivity index (χ3n) is 3.50. The number of carbonyl (C=O) groups is 1. The van der Waals surface area contributed by atoms with E-state index in [-0.39, 0.29) is 11.4 Å². The number of rotatable bonds is 9. The molecule has 1 saturated carbocycles. The van der Waals surface area contributed by atoms with E-state index in [9.17, 15) is 4.79 Å². The van der Waals surface area contributed by atoms with Crippen molar-refractivity contribution in [3.05, 3.63) is 0 Å². The molecule has 1 aliphatic rings. The summed E-state index contributed by atoms with van der Waals surface area (Å²) in [5.74, 6) is -0.130. The molecule has 0 atom stereocenters. The SMILES string of the molecule is CCCCOCCOC(=O)CC1(CN)CCC1. The first kappa shape index (κ1) is 14.5. The van der Waals surface area contributed by atoms with E-state index in [1.807, 2.05) is 0 Å². The quantitative estimate of drug-likeness (QED) is 0.496. The Balaban J connectivity index is 2.01. The average Bonchev–Trinajstić information content (AvgIpc) is 2.28. The lowest BCUT2D eigenvalue weighted by atomic mass is 9.67. The zero-order chi connectivity index (χ0) is 12.6. The number of hydrogen-bond donors (Lipinski definition) is 1. The summed E-state index contributed by atoms with van der Waals surface area (Å²) in [7, 11) is 0. The fraction of sp³-hybridized carbons (Fsp3) is 0.923. The number of carbonyl (C=O) groups excluding carboxylic acids is 1. The first-order chi connectivity index (χ1) is 8.22. The predicted octanol–water partition coefficient (Wildman–Crippen LogP) is 1.87. The van der Waals surface area contributed by atoms with Gasteiger partial charge < -0.3 is 15.2 Å². The van der Waals surface area contributed by atoms with Crippen LogP contribution >= 0.6 is 0 Å². The van der Waals surface area contributed by atoms with Crippen LogP contribution in [0.5, 0.6) is 0 Å². The highest BCUT2D eigenvalue weighted by Gasteiger charge is 2.37. The largest absolute Gasteiger partial charge is 0.463 e. The summed E-state index contributed by atoms with van der Waals surface area (Å²) in [5.41, 5.74) is 5.74. The van der Waals surface area contributed by atoms with Gasteiger partial charge in [-0.05, 0) is 31.2 Å². The number of esters is 1. The molecule has 0 saturated heterocycles. The van der Waals surface area contributed by atoms with Gasteiger partial charge in [0, 0.05) is 6.61 Å². The van der Waals surface area contributed by atoms with Crippen LogP contribution in [0.3, 0.4) is 0 Å².